The summed E-state index contributed by atoms with van der Waals surface area (Å²) < 4.78 is 26.6. The van der Waals surface area contributed by atoms with Crippen LogP contribution in [0.3, 0.4) is 0 Å². The summed E-state index contributed by atoms with van der Waals surface area (Å²) in [5, 5.41) is 10.7. The summed E-state index contributed by atoms with van der Waals surface area (Å²) in [6, 6.07) is 19.7. The second kappa shape index (κ2) is 8.47. The Hall–Kier alpha value is -2.48. The number of aliphatic hydroxyl groups is 1. The first-order valence-corrected chi connectivity index (χ1v) is 10.7. The monoisotopic (exact) mass is 401 g/mol. The van der Waals surface area contributed by atoms with Crippen molar-refractivity contribution in [3.8, 4) is 11.1 Å². The maximum Gasteiger partial charge on any atom is 0.276 e. The summed E-state index contributed by atoms with van der Waals surface area (Å²) >= 11 is 1.06. The highest BCUT2D eigenvalue weighted by atomic mass is 32.2. The van der Waals surface area contributed by atoms with Gasteiger partial charge in [-0.05, 0) is 41.1 Å². The Balaban J connectivity index is 1.90. The lowest BCUT2D eigenvalue weighted by atomic mass is 10.0. The topological polar surface area (TPSA) is 74.7 Å². The van der Waals surface area contributed by atoms with Crippen molar-refractivity contribution in [2.45, 2.75) is 10.6 Å². The van der Waals surface area contributed by atoms with E-state index in [0.29, 0.717) is 0 Å². The van der Waals surface area contributed by atoms with Gasteiger partial charge in [0.25, 0.3) is 15.9 Å². The maximum atomic E-state index is 12.9. The molecule has 0 aliphatic rings. The van der Waals surface area contributed by atoms with Crippen LogP contribution in [0.15, 0.2) is 76.3 Å². The van der Waals surface area contributed by atoms with Crippen LogP contribution in [0.5, 0.6) is 0 Å². The van der Waals surface area contributed by atoms with Crippen molar-refractivity contribution in [2.24, 2.45) is 0 Å². The number of thiophene rings is 1. The minimum atomic E-state index is -3.95. The molecule has 1 heterocycles. The SMILES string of the molecule is O=C(c1ccc(-c2ccccc2)cc1)N(CCCO)S(=O)(=O)c1cccs1. The standard InChI is InChI=1S/C20H19NO4S2/c22-14-5-13-21(27(24,25)19-8-4-15-26-19)20(23)18-11-9-17(10-12-18)16-6-2-1-3-7-16/h1-4,6-12,15,22H,5,13-14H2. The average molecular weight is 402 g/mol. The van der Waals surface area contributed by atoms with Gasteiger partial charge in [0.1, 0.15) is 4.21 Å². The van der Waals surface area contributed by atoms with E-state index in [2.05, 4.69) is 0 Å². The second-order valence-corrected chi connectivity index (χ2v) is 8.87. The summed E-state index contributed by atoms with van der Waals surface area (Å²) in [4.78, 5) is 12.9. The van der Waals surface area contributed by atoms with Gasteiger partial charge in [-0.25, -0.2) is 12.7 Å². The lowest BCUT2D eigenvalue weighted by Gasteiger charge is -2.21. The van der Waals surface area contributed by atoms with Crippen LogP contribution in [-0.4, -0.2) is 36.9 Å². The predicted octanol–water partition coefficient (Wildman–Crippen LogP) is 3.63. The van der Waals surface area contributed by atoms with Crippen LogP contribution >= 0.6 is 11.3 Å². The van der Waals surface area contributed by atoms with Crippen LogP contribution in [0, 0.1) is 0 Å². The molecule has 0 fully saturated rings. The molecule has 0 radical (unpaired) electrons. The van der Waals surface area contributed by atoms with E-state index in [1.165, 1.54) is 6.07 Å². The number of carbonyl (C=O) groups is 1. The highest BCUT2D eigenvalue weighted by molar-refractivity contribution is 7.91. The van der Waals surface area contributed by atoms with Gasteiger partial charge in [0.05, 0.1) is 0 Å². The van der Waals surface area contributed by atoms with Crippen molar-refractivity contribution in [1.29, 1.82) is 0 Å². The van der Waals surface area contributed by atoms with Gasteiger partial charge in [-0.2, -0.15) is 0 Å². The van der Waals surface area contributed by atoms with Crippen LogP contribution in [-0.2, 0) is 10.0 Å². The molecule has 1 N–H and O–H groups in total. The number of aliphatic hydroxyl groups excluding tert-OH is 1. The van der Waals surface area contributed by atoms with Crippen LogP contribution in [0.4, 0.5) is 0 Å². The first kappa shape index (κ1) is 19.3. The second-order valence-electron chi connectivity index (χ2n) is 5.83. The molecule has 1 amide bonds. The van der Waals surface area contributed by atoms with Gasteiger partial charge >= 0.3 is 0 Å². The Morgan fingerprint density at radius 2 is 1.59 bits per heavy atom. The van der Waals surface area contributed by atoms with E-state index in [-0.39, 0.29) is 29.3 Å². The molecule has 27 heavy (non-hydrogen) atoms. The zero-order chi connectivity index (χ0) is 19.3. The Morgan fingerprint density at radius 1 is 0.926 bits per heavy atom. The van der Waals surface area contributed by atoms with Gasteiger partial charge < -0.3 is 5.11 Å². The fourth-order valence-corrected chi connectivity index (χ4v) is 5.18. The molecule has 0 spiro atoms. The molecule has 2 aromatic carbocycles. The minimum absolute atomic E-state index is 0.0734. The first-order valence-electron chi connectivity index (χ1n) is 8.41. The predicted molar refractivity (Wildman–Crippen MR) is 106 cm³/mol. The molecule has 0 atom stereocenters. The summed E-state index contributed by atoms with van der Waals surface area (Å²) in [7, 11) is -3.95. The number of benzene rings is 2. The van der Waals surface area contributed by atoms with Crippen molar-refractivity contribution in [3.63, 3.8) is 0 Å². The maximum absolute atomic E-state index is 12.9. The smallest absolute Gasteiger partial charge is 0.276 e. The van der Waals surface area contributed by atoms with E-state index >= 15 is 0 Å². The number of rotatable bonds is 7. The number of amides is 1. The molecule has 0 aliphatic heterocycles. The fourth-order valence-electron chi connectivity index (χ4n) is 2.64. The van der Waals surface area contributed by atoms with E-state index in [4.69, 9.17) is 5.11 Å². The van der Waals surface area contributed by atoms with Gasteiger partial charge in [-0.3, -0.25) is 4.79 Å². The molecule has 7 heteroatoms. The summed E-state index contributed by atoms with van der Waals surface area (Å²) in [5.74, 6) is -0.600. The number of carbonyl (C=O) groups excluding carboxylic acids is 1. The molecule has 140 valence electrons. The number of nitrogens with zero attached hydrogens (tertiary/aromatic N) is 1. The van der Waals surface area contributed by atoms with E-state index in [1.54, 1.807) is 35.7 Å². The first-order chi connectivity index (χ1) is 13.0. The normalized spacial score (nSPS) is 11.3. The Kier molecular flexibility index (Phi) is 6.05. The van der Waals surface area contributed by atoms with E-state index in [9.17, 15) is 13.2 Å². The van der Waals surface area contributed by atoms with Gasteiger partial charge in [-0.1, -0.05) is 48.5 Å². The molecule has 3 rings (SSSR count). The molecule has 0 aliphatic carbocycles. The minimum Gasteiger partial charge on any atom is -0.396 e. The molecular weight excluding hydrogens is 382 g/mol. The molecule has 0 unspecified atom stereocenters. The number of sulfonamides is 1. The van der Waals surface area contributed by atoms with Crippen LogP contribution in [0.2, 0.25) is 0 Å². The Labute approximate surface area is 162 Å². The van der Waals surface area contributed by atoms with E-state index < -0.39 is 15.9 Å². The highest BCUT2D eigenvalue weighted by Gasteiger charge is 2.30. The lowest BCUT2D eigenvalue weighted by Crippen LogP contribution is -2.37. The zero-order valence-corrected chi connectivity index (χ0v) is 16.1. The molecule has 0 bridgehead atoms. The third-order valence-electron chi connectivity index (χ3n) is 4.02. The average Bonchev–Trinajstić information content (AvgIpc) is 3.24. The molecule has 5 nitrogen and oxygen atoms in total. The Morgan fingerprint density at radius 3 is 2.19 bits per heavy atom. The number of hydrogen-bond acceptors (Lipinski definition) is 5. The largest absolute Gasteiger partial charge is 0.396 e. The Bertz CT molecular complexity index is 982. The van der Waals surface area contributed by atoms with Crippen LogP contribution in [0.25, 0.3) is 11.1 Å². The summed E-state index contributed by atoms with van der Waals surface area (Å²) in [5.41, 5.74) is 2.24. The van der Waals surface area contributed by atoms with Crippen molar-refractivity contribution in [1.82, 2.24) is 4.31 Å². The van der Waals surface area contributed by atoms with Crippen LogP contribution < -0.4 is 0 Å². The highest BCUT2D eigenvalue weighted by Crippen LogP contribution is 2.24. The van der Waals surface area contributed by atoms with Crippen molar-refractivity contribution in [3.05, 3.63) is 77.7 Å². The molecule has 3 aromatic rings. The van der Waals surface area contributed by atoms with E-state index in [1.807, 2.05) is 30.3 Å². The third kappa shape index (κ3) is 4.27. The van der Waals surface area contributed by atoms with Gasteiger partial charge in [-0.15, -0.1) is 11.3 Å². The van der Waals surface area contributed by atoms with Crippen molar-refractivity contribution in [2.75, 3.05) is 13.2 Å². The number of hydrogen-bond donors (Lipinski definition) is 1. The third-order valence-corrected chi connectivity index (χ3v) is 7.18. The quantitative estimate of drug-likeness (QED) is 0.656. The van der Waals surface area contributed by atoms with E-state index in [0.717, 1.165) is 26.8 Å². The molecular formula is C20H19NO4S2. The van der Waals surface area contributed by atoms with Crippen molar-refractivity contribution < 1.29 is 18.3 Å². The van der Waals surface area contributed by atoms with Gasteiger partial charge in [0.15, 0.2) is 0 Å². The van der Waals surface area contributed by atoms with Crippen molar-refractivity contribution >= 4 is 27.3 Å². The lowest BCUT2D eigenvalue weighted by molar-refractivity contribution is 0.0856. The summed E-state index contributed by atoms with van der Waals surface area (Å²) in [6.07, 6.45) is 0.179. The molecule has 1 aromatic heterocycles. The molecule has 0 saturated carbocycles. The van der Waals surface area contributed by atoms with Gasteiger partial charge in [0, 0.05) is 18.7 Å². The van der Waals surface area contributed by atoms with Crippen LogP contribution in [0.1, 0.15) is 16.8 Å². The summed E-state index contributed by atoms with van der Waals surface area (Å²) in [6.45, 7) is -0.271. The molecule has 0 saturated heterocycles. The zero-order valence-electron chi connectivity index (χ0n) is 14.5. The van der Waals surface area contributed by atoms with Gasteiger partial charge in [0.2, 0.25) is 0 Å². The fraction of sp³-hybridized carbons (Fsp3) is 0.150.